The molecule has 2 N–H and O–H groups in total. The Morgan fingerprint density at radius 1 is 1.44 bits per heavy atom. The number of furan rings is 1. The number of aliphatic hydroxyl groups excluding tert-OH is 1. The lowest BCUT2D eigenvalue weighted by Gasteiger charge is -2.40. The molecule has 0 spiro atoms. The summed E-state index contributed by atoms with van der Waals surface area (Å²) in [4.78, 5) is 0. The Kier molecular flexibility index (Phi) is 3.66. The van der Waals surface area contributed by atoms with Crippen LogP contribution in [0.15, 0.2) is 16.5 Å². The van der Waals surface area contributed by atoms with Crippen LogP contribution in [0.5, 0.6) is 0 Å². The van der Waals surface area contributed by atoms with E-state index in [9.17, 15) is 5.11 Å². The fourth-order valence-electron chi connectivity index (χ4n) is 2.25. The number of hydrogen-bond acceptors (Lipinski definition) is 3. The molecule has 0 aliphatic heterocycles. The molecule has 1 aliphatic carbocycles. The van der Waals surface area contributed by atoms with Gasteiger partial charge < -0.3 is 14.8 Å². The molecule has 0 bridgehead atoms. The van der Waals surface area contributed by atoms with E-state index in [0.29, 0.717) is 6.61 Å². The van der Waals surface area contributed by atoms with E-state index in [1.165, 1.54) is 6.42 Å². The van der Waals surface area contributed by atoms with Crippen LogP contribution in [-0.2, 0) is 6.42 Å². The van der Waals surface area contributed by atoms with E-state index in [0.717, 1.165) is 43.9 Å². The van der Waals surface area contributed by atoms with E-state index >= 15 is 0 Å². The van der Waals surface area contributed by atoms with Crippen molar-refractivity contribution >= 4 is 0 Å². The van der Waals surface area contributed by atoms with E-state index in [4.69, 9.17) is 4.42 Å². The van der Waals surface area contributed by atoms with Gasteiger partial charge in [-0.2, -0.15) is 0 Å². The Labute approximate surface area is 96.8 Å². The van der Waals surface area contributed by atoms with Crippen molar-refractivity contribution in [2.75, 3.05) is 19.7 Å². The molecular weight excluding hydrogens is 202 g/mol. The second kappa shape index (κ2) is 5.02. The number of rotatable bonds is 6. The van der Waals surface area contributed by atoms with Crippen molar-refractivity contribution in [3.05, 3.63) is 23.7 Å². The summed E-state index contributed by atoms with van der Waals surface area (Å²) >= 11 is 0. The maximum Gasteiger partial charge on any atom is 0.105 e. The molecule has 1 heterocycles. The first-order valence-corrected chi connectivity index (χ1v) is 6.11. The summed E-state index contributed by atoms with van der Waals surface area (Å²) in [7, 11) is 0. The molecule has 0 aromatic carbocycles. The van der Waals surface area contributed by atoms with Gasteiger partial charge in [-0.25, -0.2) is 0 Å². The SMILES string of the molecule is Cc1ccc(CCNCC2(CO)CCC2)o1. The Morgan fingerprint density at radius 2 is 2.25 bits per heavy atom. The highest BCUT2D eigenvalue weighted by atomic mass is 16.3. The Hall–Kier alpha value is -0.800. The van der Waals surface area contributed by atoms with Crippen LogP contribution in [0.1, 0.15) is 30.8 Å². The van der Waals surface area contributed by atoms with Crippen LogP contribution in [0.2, 0.25) is 0 Å². The topological polar surface area (TPSA) is 45.4 Å². The molecule has 1 saturated carbocycles. The average molecular weight is 223 g/mol. The van der Waals surface area contributed by atoms with Gasteiger partial charge >= 0.3 is 0 Å². The predicted molar refractivity (Wildman–Crippen MR) is 63.4 cm³/mol. The first-order chi connectivity index (χ1) is 7.74. The number of aryl methyl sites for hydroxylation is 1. The second-order valence-corrected chi connectivity index (χ2v) is 4.95. The van der Waals surface area contributed by atoms with Gasteiger partial charge in [0.25, 0.3) is 0 Å². The van der Waals surface area contributed by atoms with Crippen molar-refractivity contribution in [2.24, 2.45) is 5.41 Å². The summed E-state index contributed by atoms with van der Waals surface area (Å²) < 4.78 is 5.49. The Balaban J connectivity index is 1.65. The zero-order chi connectivity index (χ0) is 11.4. The summed E-state index contributed by atoms with van der Waals surface area (Å²) in [6.45, 7) is 4.14. The maximum atomic E-state index is 9.30. The quantitative estimate of drug-likeness (QED) is 0.724. The molecular formula is C13H21NO2. The monoisotopic (exact) mass is 223 g/mol. The van der Waals surface area contributed by atoms with Gasteiger partial charge in [0.05, 0.1) is 0 Å². The van der Waals surface area contributed by atoms with Crippen LogP contribution in [0.25, 0.3) is 0 Å². The minimum atomic E-state index is 0.180. The lowest BCUT2D eigenvalue weighted by Crippen LogP contribution is -2.43. The van der Waals surface area contributed by atoms with Gasteiger partial charge in [0.2, 0.25) is 0 Å². The first-order valence-electron chi connectivity index (χ1n) is 6.11. The Morgan fingerprint density at radius 3 is 2.75 bits per heavy atom. The van der Waals surface area contributed by atoms with Crippen LogP contribution in [0.3, 0.4) is 0 Å². The molecule has 1 aromatic heterocycles. The van der Waals surface area contributed by atoms with Crippen molar-refractivity contribution in [3.8, 4) is 0 Å². The minimum absolute atomic E-state index is 0.180. The van der Waals surface area contributed by atoms with E-state index in [1.54, 1.807) is 0 Å². The van der Waals surface area contributed by atoms with Gasteiger partial charge in [0.1, 0.15) is 11.5 Å². The summed E-state index contributed by atoms with van der Waals surface area (Å²) in [5.74, 6) is 2.01. The second-order valence-electron chi connectivity index (χ2n) is 4.95. The average Bonchev–Trinajstić information content (AvgIpc) is 2.62. The van der Waals surface area contributed by atoms with Crippen LogP contribution in [0.4, 0.5) is 0 Å². The molecule has 0 saturated heterocycles. The summed E-state index contributed by atoms with van der Waals surface area (Å²) in [6, 6.07) is 4.03. The fraction of sp³-hybridized carbons (Fsp3) is 0.692. The van der Waals surface area contributed by atoms with E-state index < -0.39 is 0 Å². The standard InChI is InChI=1S/C13H21NO2/c1-11-3-4-12(16-11)5-8-14-9-13(10-15)6-2-7-13/h3-4,14-15H,2,5-10H2,1H3. The van der Waals surface area contributed by atoms with Gasteiger partial charge in [0, 0.05) is 31.5 Å². The van der Waals surface area contributed by atoms with Crippen LogP contribution in [-0.4, -0.2) is 24.8 Å². The number of hydrogen-bond donors (Lipinski definition) is 2. The van der Waals surface area contributed by atoms with Gasteiger partial charge in [-0.3, -0.25) is 0 Å². The van der Waals surface area contributed by atoms with Gasteiger partial charge in [-0.1, -0.05) is 6.42 Å². The highest BCUT2D eigenvalue weighted by Crippen LogP contribution is 2.39. The highest BCUT2D eigenvalue weighted by molar-refractivity contribution is 5.05. The first kappa shape index (κ1) is 11.7. The van der Waals surface area contributed by atoms with E-state index in [-0.39, 0.29) is 5.41 Å². The molecule has 90 valence electrons. The van der Waals surface area contributed by atoms with Gasteiger partial charge in [0.15, 0.2) is 0 Å². The molecule has 3 heteroatoms. The third kappa shape index (κ3) is 2.66. The van der Waals surface area contributed by atoms with Crippen molar-refractivity contribution in [3.63, 3.8) is 0 Å². The zero-order valence-corrected chi connectivity index (χ0v) is 9.96. The van der Waals surface area contributed by atoms with Crippen LogP contribution >= 0.6 is 0 Å². The van der Waals surface area contributed by atoms with Crippen LogP contribution in [0, 0.1) is 12.3 Å². The molecule has 16 heavy (non-hydrogen) atoms. The molecule has 3 nitrogen and oxygen atoms in total. The fourth-order valence-corrected chi connectivity index (χ4v) is 2.25. The molecule has 0 unspecified atom stereocenters. The molecule has 1 aromatic rings. The molecule has 0 radical (unpaired) electrons. The third-order valence-electron chi connectivity index (χ3n) is 3.59. The Bertz CT molecular complexity index is 323. The largest absolute Gasteiger partial charge is 0.466 e. The summed E-state index contributed by atoms with van der Waals surface area (Å²) in [6.07, 6.45) is 4.52. The zero-order valence-electron chi connectivity index (χ0n) is 9.96. The van der Waals surface area contributed by atoms with Crippen molar-refractivity contribution in [1.82, 2.24) is 5.32 Å². The van der Waals surface area contributed by atoms with Gasteiger partial charge in [-0.05, 0) is 31.9 Å². The van der Waals surface area contributed by atoms with E-state index in [2.05, 4.69) is 5.32 Å². The van der Waals surface area contributed by atoms with Crippen molar-refractivity contribution < 1.29 is 9.52 Å². The van der Waals surface area contributed by atoms with Gasteiger partial charge in [-0.15, -0.1) is 0 Å². The lowest BCUT2D eigenvalue weighted by molar-refractivity contribution is 0.0450. The normalized spacial score (nSPS) is 18.4. The third-order valence-corrected chi connectivity index (χ3v) is 3.59. The molecule has 0 atom stereocenters. The number of aliphatic hydroxyl groups is 1. The lowest BCUT2D eigenvalue weighted by atomic mass is 9.69. The molecule has 2 rings (SSSR count). The van der Waals surface area contributed by atoms with Crippen molar-refractivity contribution in [1.29, 1.82) is 0 Å². The predicted octanol–water partition coefficient (Wildman–Crippen LogP) is 1.88. The minimum Gasteiger partial charge on any atom is -0.466 e. The maximum absolute atomic E-state index is 9.30. The number of nitrogens with one attached hydrogen (secondary N) is 1. The highest BCUT2D eigenvalue weighted by Gasteiger charge is 2.35. The molecule has 1 fully saturated rings. The molecule has 0 amide bonds. The summed E-state index contributed by atoms with van der Waals surface area (Å²) in [5, 5.41) is 12.7. The molecule has 1 aliphatic rings. The van der Waals surface area contributed by atoms with Crippen molar-refractivity contribution in [2.45, 2.75) is 32.6 Å². The smallest absolute Gasteiger partial charge is 0.105 e. The summed E-state index contributed by atoms with van der Waals surface area (Å²) in [5.41, 5.74) is 0.180. The van der Waals surface area contributed by atoms with E-state index in [1.807, 2.05) is 19.1 Å². The van der Waals surface area contributed by atoms with Crippen LogP contribution < -0.4 is 5.32 Å².